The lowest BCUT2D eigenvalue weighted by Gasteiger charge is -2.28. The molecule has 0 amide bonds. The van der Waals surface area contributed by atoms with Gasteiger partial charge in [-0.05, 0) is 24.1 Å². The Kier molecular flexibility index (Phi) is 7.28. The lowest BCUT2D eigenvalue weighted by Crippen LogP contribution is -2.39. The summed E-state index contributed by atoms with van der Waals surface area (Å²) in [5.74, 6) is 0. The lowest BCUT2D eigenvalue weighted by atomic mass is 9.94. The molecule has 0 spiro atoms. The number of rotatable bonds is 5. The van der Waals surface area contributed by atoms with Gasteiger partial charge in [-0.25, -0.2) is 12.7 Å². The first-order chi connectivity index (χ1) is 8.62. The molecule has 8 heteroatoms. The minimum absolute atomic E-state index is 0. The van der Waals surface area contributed by atoms with Crippen molar-refractivity contribution in [2.24, 2.45) is 11.1 Å². The van der Waals surface area contributed by atoms with Crippen molar-refractivity contribution < 1.29 is 8.42 Å². The first-order valence-electron chi connectivity index (χ1n) is 5.72. The summed E-state index contributed by atoms with van der Waals surface area (Å²) in [4.78, 5) is 0.0111. The van der Waals surface area contributed by atoms with Crippen molar-refractivity contribution in [1.29, 1.82) is 0 Å². The molecule has 1 rings (SSSR count). The van der Waals surface area contributed by atoms with E-state index < -0.39 is 10.0 Å². The maximum absolute atomic E-state index is 12.4. The van der Waals surface area contributed by atoms with Crippen LogP contribution in [0.25, 0.3) is 0 Å². The molecule has 0 aliphatic carbocycles. The van der Waals surface area contributed by atoms with Gasteiger partial charge in [0.15, 0.2) is 0 Å². The van der Waals surface area contributed by atoms with E-state index in [-0.39, 0.29) is 32.8 Å². The molecule has 1 aromatic rings. The Bertz CT molecular complexity index is 562. The van der Waals surface area contributed by atoms with Gasteiger partial charge in [0.05, 0.1) is 10.0 Å². The molecule has 0 aromatic heterocycles. The van der Waals surface area contributed by atoms with Crippen LogP contribution in [0, 0.1) is 5.41 Å². The number of sulfonamides is 1. The Morgan fingerprint density at radius 3 is 2.35 bits per heavy atom. The Balaban J connectivity index is 0.00000361. The van der Waals surface area contributed by atoms with Crippen LogP contribution in [-0.2, 0) is 10.0 Å². The molecule has 0 saturated carbocycles. The largest absolute Gasteiger partial charge is 0.330 e. The predicted molar refractivity (Wildman–Crippen MR) is 86.4 cm³/mol. The molecule has 4 nitrogen and oxygen atoms in total. The second-order valence-electron chi connectivity index (χ2n) is 5.18. The highest BCUT2D eigenvalue weighted by Crippen LogP contribution is 2.31. The molecule has 0 aliphatic rings. The molecule has 0 heterocycles. The number of benzene rings is 1. The van der Waals surface area contributed by atoms with Crippen LogP contribution in [0.4, 0.5) is 0 Å². The van der Waals surface area contributed by atoms with Gasteiger partial charge in [0, 0.05) is 13.6 Å². The maximum Gasteiger partial charge on any atom is 0.244 e. The van der Waals surface area contributed by atoms with Gasteiger partial charge in [-0.3, -0.25) is 0 Å². The zero-order valence-corrected chi connectivity index (χ0v) is 14.7. The topological polar surface area (TPSA) is 63.4 Å². The zero-order chi connectivity index (χ0) is 14.8. The van der Waals surface area contributed by atoms with Gasteiger partial charge in [0.1, 0.15) is 4.90 Å². The summed E-state index contributed by atoms with van der Waals surface area (Å²) >= 11 is 11.8. The van der Waals surface area contributed by atoms with Gasteiger partial charge in [-0.15, -0.1) is 12.4 Å². The summed E-state index contributed by atoms with van der Waals surface area (Å²) < 4.78 is 26.1. The highest BCUT2D eigenvalue weighted by Gasteiger charge is 2.29. The van der Waals surface area contributed by atoms with Crippen LogP contribution in [0.5, 0.6) is 0 Å². The molecule has 20 heavy (non-hydrogen) atoms. The summed E-state index contributed by atoms with van der Waals surface area (Å²) in [6.45, 7) is 4.49. The van der Waals surface area contributed by atoms with Crippen molar-refractivity contribution in [2.75, 3.05) is 20.1 Å². The van der Waals surface area contributed by atoms with E-state index in [1.54, 1.807) is 12.1 Å². The van der Waals surface area contributed by atoms with Crippen molar-refractivity contribution in [3.05, 3.63) is 28.2 Å². The monoisotopic (exact) mass is 360 g/mol. The number of halogens is 3. The minimum Gasteiger partial charge on any atom is -0.330 e. The summed E-state index contributed by atoms with van der Waals surface area (Å²) in [7, 11) is -2.17. The third-order valence-electron chi connectivity index (χ3n) is 2.81. The quantitative estimate of drug-likeness (QED) is 0.876. The van der Waals surface area contributed by atoms with Gasteiger partial charge in [-0.2, -0.15) is 0 Å². The Morgan fingerprint density at radius 1 is 1.30 bits per heavy atom. The molecular formula is C12H19Cl3N2O2S. The molecule has 0 fully saturated rings. The van der Waals surface area contributed by atoms with E-state index in [0.717, 1.165) is 0 Å². The summed E-state index contributed by atoms with van der Waals surface area (Å²) in [5.41, 5.74) is 5.31. The average molecular weight is 362 g/mol. The molecule has 2 N–H and O–H groups in total. The normalized spacial score (nSPS) is 12.3. The minimum atomic E-state index is -3.67. The maximum atomic E-state index is 12.4. The van der Waals surface area contributed by atoms with Crippen LogP contribution >= 0.6 is 35.6 Å². The van der Waals surface area contributed by atoms with Crippen molar-refractivity contribution in [1.82, 2.24) is 4.31 Å². The van der Waals surface area contributed by atoms with Crippen molar-refractivity contribution in [2.45, 2.75) is 18.7 Å². The van der Waals surface area contributed by atoms with E-state index in [9.17, 15) is 8.42 Å². The van der Waals surface area contributed by atoms with Gasteiger partial charge < -0.3 is 5.73 Å². The fraction of sp³-hybridized carbons (Fsp3) is 0.500. The van der Waals surface area contributed by atoms with Crippen LogP contribution in [0.3, 0.4) is 0 Å². The molecule has 0 unspecified atom stereocenters. The zero-order valence-electron chi connectivity index (χ0n) is 11.6. The van der Waals surface area contributed by atoms with Crippen LogP contribution in [0.2, 0.25) is 10.0 Å². The van der Waals surface area contributed by atoms with E-state index in [4.69, 9.17) is 28.9 Å². The number of nitrogens with zero attached hydrogens (tertiary/aromatic N) is 1. The van der Waals surface area contributed by atoms with Gasteiger partial charge >= 0.3 is 0 Å². The Morgan fingerprint density at radius 2 is 1.85 bits per heavy atom. The van der Waals surface area contributed by atoms with Crippen LogP contribution in [0.15, 0.2) is 23.1 Å². The molecule has 1 aromatic carbocycles. The lowest BCUT2D eigenvalue weighted by molar-refractivity contribution is 0.292. The van der Waals surface area contributed by atoms with E-state index in [1.807, 2.05) is 13.8 Å². The third kappa shape index (κ3) is 4.48. The van der Waals surface area contributed by atoms with Gasteiger partial charge in [0.2, 0.25) is 10.0 Å². The molecular weight excluding hydrogens is 343 g/mol. The third-order valence-corrected chi connectivity index (χ3v) is 5.58. The second-order valence-corrected chi connectivity index (χ2v) is 7.98. The molecule has 0 saturated heterocycles. The van der Waals surface area contributed by atoms with E-state index >= 15 is 0 Å². The molecule has 0 aliphatic heterocycles. The number of nitrogens with two attached hydrogens (primary N) is 1. The highest BCUT2D eigenvalue weighted by molar-refractivity contribution is 7.89. The summed E-state index contributed by atoms with van der Waals surface area (Å²) in [6.07, 6.45) is 0. The highest BCUT2D eigenvalue weighted by atomic mass is 35.5. The van der Waals surface area contributed by atoms with E-state index in [0.29, 0.717) is 13.1 Å². The molecule has 116 valence electrons. The van der Waals surface area contributed by atoms with Crippen molar-refractivity contribution in [3.8, 4) is 0 Å². The number of hydrogen-bond acceptors (Lipinski definition) is 3. The van der Waals surface area contributed by atoms with E-state index in [1.165, 1.54) is 17.4 Å². The average Bonchev–Trinajstić information content (AvgIpc) is 2.31. The fourth-order valence-corrected chi connectivity index (χ4v) is 3.69. The Hall–Kier alpha value is -0.0400. The smallest absolute Gasteiger partial charge is 0.244 e. The second kappa shape index (κ2) is 7.29. The Labute approximate surface area is 136 Å². The first kappa shape index (κ1) is 20.0. The van der Waals surface area contributed by atoms with Gasteiger partial charge in [0.25, 0.3) is 0 Å². The summed E-state index contributed by atoms with van der Waals surface area (Å²) in [5, 5.41) is 0.260. The van der Waals surface area contributed by atoms with Crippen molar-refractivity contribution in [3.63, 3.8) is 0 Å². The first-order valence-corrected chi connectivity index (χ1v) is 7.92. The van der Waals surface area contributed by atoms with Crippen LogP contribution in [-0.4, -0.2) is 32.9 Å². The SMILES string of the molecule is CN(CC(C)(C)CN)S(=O)(=O)c1cccc(Cl)c1Cl.Cl. The van der Waals surface area contributed by atoms with E-state index in [2.05, 4.69) is 0 Å². The molecule has 0 radical (unpaired) electrons. The fourth-order valence-electron chi connectivity index (χ4n) is 1.60. The number of hydrogen-bond donors (Lipinski definition) is 1. The predicted octanol–water partition coefficient (Wildman–Crippen LogP) is 3.02. The van der Waals surface area contributed by atoms with Crippen LogP contribution in [0.1, 0.15) is 13.8 Å². The summed E-state index contributed by atoms with van der Waals surface area (Å²) in [6, 6.07) is 4.55. The van der Waals surface area contributed by atoms with Gasteiger partial charge in [-0.1, -0.05) is 43.1 Å². The molecule has 0 bridgehead atoms. The standard InChI is InChI=1S/C12H18Cl2N2O2S.ClH/c1-12(2,7-15)8-16(3)19(17,18)10-6-4-5-9(13)11(10)14;/h4-6H,7-8,15H2,1-3H3;1H. The van der Waals surface area contributed by atoms with Crippen molar-refractivity contribution >= 4 is 45.6 Å². The van der Waals surface area contributed by atoms with Crippen LogP contribution < -0.4 is 5.73 Å². The molecule has 0 atom stereocenters.